The van der Waals surface area contributed by atoms with Gasteiger partial charge in [-0.15, -0.1) is 0 Å². The number of H-pyrrole nitrogens is 1. The number of rotatable bonds is 13. The van der Waals surface area contributed by atoms with E-state index in [1.165, 1.54) is 23.1 Å². The van der Waals surface area contributed by atoms with E-state index in [-0.39, 0.29) is 18.0 Å². The maximum absolute atomic E-state index is 13.9. The average molecular weight is 532 g/mol. The molecule has 0 fully saturated rings. The molecule has 7 nitrogen and oxygen atoms in total. The van der Waals surface area contributed by atoms with Gasteiger partial charge < -0.3 is 24.3 Å². The number of nitrogens with zero attached hydrogens (tertiary/aromatic N) is 2. The second-order valence-electron chi connectivity index (χ2n) is 9.32. The Morgan fingerprint density at radius 2 is 1.69 bits per heavy atom. The largest absolute Gasteiger partial charge is 0.496 e. The molecule has 0 spiro atoms. The van der Waals surface area contributed by atoms with Gasteiger partial charge in [-0.05, 0) is 48.7 Å². The van der Waals surface area contributed by atoms with Crippen LogP contribution in [-0.4, -0.2) is 67.1 Å². The number of methoxy groups -OCH3 is 2. The van der Waals surface area contributed by atoms with E-state index in [0.29, 0.717) is 44.8 Å². The monoisotopic (exact) mass is 531 g/mol. The van der Waals surface area contributed by atoms with Gasteiger partial charge in [0, 0.05) is 61.6 Å². The Kier molecular flexibility index (Phi) is 9.69. The lowest BCUT2D eigenvalue weighted by Crippen LogP contribution is -2.44. The van der Waals surface area contributed by atoms with E-state index >= 15 is 0 Å². The minimum absolute atomic E-state index is 0.137. The third kappa shape index (κ3) is 7.23. The molecular weight excluding hydrogens is 497 g/mol. The summed E-state index contributed by atoms with van der Waals surface area (Å²) in [4.78, 5) is 33.6. The molecule has 0 saturated carbocycles. The number of amides is 2. The Morgan fingerprint density at radius 3 is 2.49 bits per heavy atom. The van der Waals surface area contributed by atoms with Gasteiger partial charge in [0.25, 0.3) is 5.91 Å². The first-order chi connectivity index (χ1) is 19.0. The Bertz CT molecular complexity index is 1400. The maximum Gasteiger partial charge on any atom is 0.254 e. The summed E-state index contributed by atoms with van der Waals surface area (Å²) in [7, 11) is 3.19. The van der Waals surface area contributed by atoms with Crippen molar-refractivity contribution in [2.24, 2.45) is 0 Å². The molecule has 4 aromatic rings. The molecule has 3 aromatic carbocycles. The number of nitrogens with one attached hydrogen (secondary N) is 1. The standard InChI is InChI=1S/C31H34FN3O4/c1-38-18-8-16-35(31(37)23-10-7-11-26(32)19-23)22-30(36)34(21-25-9-3-6-14-29(25)39-2)17-15-24-20-33-28-13-5-4-12-27(24)28/h3-7,9-14,19-20,33H,8,15-18,21-22H2,1-2H3. The van der Waals surface area contributed by atoms with Gasteiger partial charge in [0.2, 0.25) is 5.91 Å². The second kappa shape index (κ2) is 13.6. The lowest BCUT2D eigenvalue weighted by Gasteiger charge is -2.28. The van der Waals surface area contributed by atoms with Crippen LogP contribution in [0.15, 0.2) is 79.0 Å². The Balaban J connectivity index is 1.57. The highest BCUT2D eigenvalue weighted by Gasteiger charge is 2.24. The van der Waals surface area contributed by atoms with Crippen molar-refractivity contribution in [1.29, 1.82) is 0 Å². The molecule has 204 valence electrons. The van der Waals surface area contributed by atoms with Crippen LogP contribution < -0.4 is 4.74 Å². The third-order valence-corrected chi connectivity index (χ3v) is 6.69. The van der Waals surface area contributed by atoms with E-state index in [1.807, 2.05) is 48.7 Å². The summed E-state index contributed by atoms with van der Waals surface area (Å²) >= 11 is 0. The number of aromatic amines is 1. The fourth-order valence-electron chi connectivity index (χ4n) is 4.64. The van der Waals surface area contributed by atoms with Crippen LogP contribution in [0.2, 0.25) is 0 Å². The van der Waals surface area contributed by atoms with Crippen LogP contribution in [0.3, 0.4) is 0 Å². The molecule has 1 heterocycles. The molecule has 8 heteroatoms. The highest BCUT2D eigenvalue weighted by Crippen LogP contribution is 2.22. The van der Waals surface area contributed by atoms with Crippen LogP contribution in [0.1, 0.15) is 27.9 Å². The lowest BCUT2D eigenvalue weighted by atomic mass is 10.1. The van der Waals surface area contributed by atoms with E-state index in [0.717, 1.165) is 22.0 Å². The number of aromatic nitrogens is 1. The van der Waals surface area contributed by atoms with Crippen molar-refractivity contribution in [2.45, 2.75) is 19.4 Å². The number of carbonyl (C=O) groups excluding carboxylic acids is 2. The summed E-state index contributed by atoms with van der Waals surface area (Å²) in [5.41, 5.74) is 3.22. The molecule has 2 amide bonds. The van der Waals surface area contributed by atoms with E-state index in [4.69, 9.17) is 9.47 Å². The number of hydrogen-bond donors (Lipinski definition) is 1. The van der Waals surface area contributed by atoms with E-state index in [9.17, 15) is 14.0 Å². The molecule has 0 unspecified atom stereocenters. The third-order valence-electron chi connectivity index (χ3n) is 6.69. The normalized spacial score (nSPS) is 10.9. The first kappa shape index (κ1) is 27.9. The van der Waals surface area contributed by atoms with E-state index < -0.39 is 11.7 Å². The minimum atomic E-state index is -0.499. The summed E-state index contributed by atoms with van der Waals surface area (Å²) in [5, 5.41) is 1.12. The molecule has 1 aromatic heterocycles. The van der Waals surface area contributed by atoms with Crippen LogP contribution in [0.4, 0.5) is 4.39 Å². The van der Waals surface area contributed by atoms with Crippen LogP contribution in [0, 0.1) is 5.82 Å². The quantitative estimate of drug-likeness (QED) is 0.245. The van der Waals surface area contributed by atoms with Crippen molar-refractivity contribution in [1.82, 2.24) is 14.8 Å². The van der Waals surface area contributed by atoms with Gasteiger partial charge in [0.15, 0.2) is 0 Å². The Labute approximate surface area is 228 Å². The van der Waals surface area contributed by atoms with Crippen molar-refractivity contribution in [3.8, 4) is 5.75 Å². The van der Waals surface area contributed by atoms with E-state index in [1.54, 1.807) is 25.2 Å². The minimum Gasteiger partial charge on any atom is -0.496 e. The predicted octanol–water partition coefficient (Wildman–Crippen LogP) is 5.07. The highest BCUT2D eigenvalue weighted by molar-refractivity contribution is 5.96. The smallest absolute Gasteiger partial charge is 0.254 e. The molecule has 0 atom stereocenters. The molecule has 4 rings (SSSR count). The zero-order valence-corrected chi connectivity index (χ0v) is 22.4. The SMILES string of the molecule is COCCCN(CC(=O)N(CCc1c[nH]c2ccccc12)Cc1ccccc1OC)C(=O)c1cccc(F)c1. The van der Waals surface area contributed by atoms with Gasteiger partial charge in [-0.2, -0.15) is 0 Å². The predicted molar refractivity (Wildman–Crippen MR) is 149 cm³/mol. The number of carbonyl (C=O) groups is 2. The second-order valence-corrected chi connectivity index (χ2v) is 9.32. The number of hydrogen-bond acceptors (Lipinski definition) is 4. The van der Waals surface area contributed by atoms with Crippen molar-refractivity contribution < 1.29 is 23.5 Å². The fraction of sp³-hybridized carbons (Fsp3) is 0.290. The Morgan fingerprint density at radius 1 is 0.897 bits per heavy atom. The molecule has 0 bridgehead atoms. The van der Waals surface area contributed by atoms with Gasteiger partial charge in [0.05, 0.1) is 7.11 Å². The van der Waals surface area contributed by atoms with Crippen LogP contribution in [0.25, 0.3) is 10.9 Å². The summed E-state index contributed by atoms with van der Waals surface area (Å²) in [6, 6.07) is 21.2. The summed E-state index contributed by atoms with van der Waals surface area (Å²) in [5.74, 6) is -0.411. The summed E-state index contributed by atoms with van der Waals surface area (Å²) in [6.07, 6.45) is 3.15. The van der Waals surface area contributed by atoms with Crippen LogP contribution in [-0.2, 0) is 22.5 Å². The van der Waals surface area contributed by atoms with Gasteiger partial charge in [0.1, 0.15) is 18.1 Å². The topological polar surface area (TPSA) is 74.9 Å². The maximum atomic E-state index is 13.9. The van der Waals surface area contributed by atoms with E-state index in [2.05, 4.69) is 11.1 Å². The lowest BCUT2D eigenvalue weighted by molar-refractivity contribution is -0.132. The summed E-state index contributed by atoms with van der Waals surface area (Å²) < 4.78 is 24.6. The molecule has 0 aliphatic rings. The number of para-hydroxylation sites is 2. The number of fused-ring (bicyclic) bond motifs is 1. The number of ether oxygens (including phenoxy) is 2. The summed E-state index contributed by atoms with van der Waals surface area (Å²) in [6.45, 7) is 1.37. The Hall–Kier alpha value is -4.17. The van der Waals surface area contributed by atoms with Gasteiger partial charge in [-0.3, -0.25) is 9.59 Å². The number of benzene rings is 3. The van der Waals surface area contributed by atoms with Gasteiger partial charge in [-0.25, -0.2) is 4.39 Å². The van der Waals surface area contributed by atoms with Crippen molar-refractivity contribution in [3.05, 3.63) is 102 Å². The van der Waals surface area contributed by atoms with Crippen molar-refractivity contribution in [3.63, 3.8) is 0 Å². The fourth-order valence-corrected chi connectivity index (χ4v) is 4.64. The van der Waals surface area contributed by atoms with Gasteiger partial charge in [-0.1, -0.05) is 42.5 Å². The molecule has 1 N–H and O–H groups in total. The zero-order chi connectivity index (χ0) is 27.6. The van der Waals surface area contributed by atoms with Crippen LogP contribution in [0.5, 0.6) is 5.75 Å². The molecule has 0 aliphatic carbocycles. The molecular formula is C31H34FN3O4. The van der Waals surface area contributed by atoms with Crippen molar-refractivity contribution in [2.75, 3.05) is 40.5 Å². The van der Waals surface area contributed by atoms with Crippen molar-refractivity contribution >= 4 is 22.7 Å². The molecule has 0 aliphatic heterocycles. The van der Waals surface area contributed by atoms with Crippen LogP contribution >= 0.6 is 0 Å². The number of halogens is 1. The first-order valence-corrected chi connectivity index (χ1v) is 13.0. The average Bonchev–Trinajstić information content (AvgIpc) is 3.37. The highest BCUT2D eigenvalue weighted by atomic mass is 19.1. The zero-order valence-electron chi connectivity index (χ0n) is 22.4. The first-order valence-electron chi connectivity index (χ1n) is 13.0. The molecule has 0 saturated heterocycles. The molecule has 39 heavy (non-hydrogen) atoms. The molecule has 0 radical (unpaired) electrons. The van der Waals surface area contributed by atoms with Gasteiger partial charge >= 0.3 is 0 Å².